The Bertz CT molecular complexity index is 1280. The molecule has 7 nitrogen and oxygen atoms in total. The Morgan fingerprint density at radius 2 is 1.91 bits per heavy atom. The van der Waals surface area contributed by atoms with Gasteiger partial charge >= 0.3 is 0 Å². The van der Waals surface area contributed by atoms with Crippen LogP contribution in [0, 0.1) is 6.92 Å². The molecule has 0 aliphatic heterocycles. The van der Waals surface area contributed by atoms with E-state index in [0.717, 1.165) is 22.2 Å². The average molecular weight is 446 g/mol. The maximum atomic E-state index is 12.3. The number of fused-ring (bicyclic) bond motifs is 1. The van der Waals surface area contributed by atoms with Gasteiger partial charge in [-0.1, -0.05) is 71.9 Å². The van der Waals surface area contributed by atoms with Gasteiger partial charge in [-0.25, -0.2) is 5.43 Å². The number of carbonyl (C=O) groups excluding carboxylic acids is 1. The van der Waals surface area contributed by atoms with Gasteiger partial charge in [0.2, 0.25) is 0 Å². The summed E-state index contributed by atoms with van der Waals surface area (Å²) >= 11 is 1.30. The molecule has 1 aromatic heterocycles. The van der Waals surface area contributed by atoms with Crippen molar-refractivity contribution in [2.45, 2.75) is 25.5 Å². The van der Waals surface area contributed by atoms with Crippen LogP contribution < -0.4 is 5.43 Å². The van der Waals surface area contributed by atoms with Crippen molar-refractivity contribution in [2.24, 2.45) is 5.10 Å². The SMILES string of the molecule is CCn1c(SCC(=O)N/N=C\c2c(O)ccc3ccccc23)nnc1-c1ccc(C)cc1. The number of carbonyl (C=O) groups is 1. The Kier molecular flexibility index (Phi) is 6.51. The lowest BCUT2D eigenvalue weighted by Crippen LogP contribution is -2.20. The van der Waals surface area contributed by atoms with Gasteiger partial charge in [-0.05, 0) is 30.7 Å². The quantitative estimate of drug-likeness (QED) is 0.250. The minimum Gasteiger partial charge on any atom is -0.507 e. The fourth-order valence-corrected chi connectivity index (χ4v) is 4.14. The predicted molar refractivity (Wildman–Crippen MR) is 128 cm³/mol. The summed E-state index contributed by atoms with van der Waals surface area (Å²) in [7, 11) is 0. The molecule has 0 aliphatic rings. The molecule has 0 atom stereocenters. The van der Waals surface area contributed by atoms with Crippen molar-refractivity contribution in [3.63, 3.8) is 0 Å². The maximum absolute atomic E-state index is 12.3. The number of phenols is 1. The summed E-state index contributed by atoms with van der Waals surface area (Å²) < 4.78 is 1.99. The summed E-state index contributed by atoms with van der Waals surface area (Å²) in [5.41, 5.74) is 5.24. The fourth-order valence-electron chi connectivity index (χ4n) is 3.35. The van der Waals surface area contributed by atoms with Crippen molar-refractivity contribution in [3.05, 3.63) is 71.8 Å². The van der Waals surface area contributed by atoms with Crippen molar-refractivity contribution in [3.8, 4) is 17.1 Å². The molecule has 0 spiro atoms. The van der Waals surface area contributed by atoms with Gasteiger partial charge < -0.3 is 9.67 Å². The van der Waals surface area contributed by atoms with Gasteiger partial charge in [0.25, 0.3) is 5.91 Å². The molecule has 1 amide bonds. The van der Waals surface area contributed by atoms with Crippen LogP contribution >= 0.6 is 11.8 Å². The number of hydrogen-bond donors (Lipinski definition) is 2. The Morgan fingerprint density at radius 1 is 1.12 bits per heavy atom. The highest BCUT2D eigenvalue weighted by atomic mass is 32.2. The van der Waals surface area contributed by atoms with Crippen molar-refractivity contribution in [2.75, 3.05) is 5.75 Å². The molecule has 0 fully saturated rings. The molecular weight excluding hydrogens is 422 g/mol. The number of amides is 1. The van der Waals surface area contributed by atoms with Gasteiger partial charge in [0.1, 0.15) is 5.75 Å². The number of aryl methyl sites for hydroxylation is 1. The number of aromatic nitrogens is 3. The van der Waals surface area contributed by atoms with E-state index >= 15 is 0 Å². The van der Waals surface area contributed by atoms with Crippen LogP contribution in [0.1, 0.15) is 18.1 Å². The third-order valence-electron chi connectivity index (χ3n) is 5.01. The van der Waals surface area contributed by atoms with Crippen molar-refractivity contribution in [1.29, 1.82) is 0 Å². The lowest BCUT2D eigenvalue weighted by atomic mass is 10.0. The van der Waals surface area contributed by atoms with Crippen LogP contribution in [-0.4, -0.2) is 37.7 Å². The molecule has 0 saturated carbocycles. The van der Waals surface area contributed by atoms with Crippen LogP contribution in [0.25, 0.3) is 22.2 Å². The van der Waals surface area contributed by atoms with E-state index in [1.165, 1.54) is 23.5 Å². The van der Waals surface area contributed by atoms with Gasteiger partial charge in [0.15, 0.2) is 11.0 Å². The minimum absolute atomic E-state index is 0.107. The number of nitrogens with zero attached hydrogens (tertiary/aromatic N) is 4. The molecule has 0 bridgehead atoms. The Hall–Kier alpha value is -3.65. The largest absolute Gasteiger partial charge is 0.507 e. The van der Waals surface area contributed by atoms with E-state index in [1.807, 2.05) is 73.0 Å². The lowest BCUT2D eigenvalue weighted by Gasteiger charge is -2.07. The van der Waals surface area contributed by atoms with E-state index in [4.69, 9.17) is 0 Å². The number of benzene rings is 3. The first-order valence-corrected chi connectivity index (χ1v) is 11.2. The summed E-state index contributed by atoms with van der Waals surface area (Å²) in [4.78, 5) is 12.3. The second-order valence-electron chi connectivity index (χ2n) is 7.22. The minimum atomic E-state index is -0.270. The van der Waals surface area contributed by atoms with Gasteiger partial charge in [0.05, 0.1) is 12.0 Å². The van der Waals surface area contributed by atoms with E-state index in [-0.39, 0.29) is 17.4 Å². The van der Waals surface area contributed by atoms with E-state index in [1.54, 1.807) is 6.07 Å². The molecular formula is C24H23N5O2S. The molecule has 0 unspecified atom stereocenters. The van der Waals surface area contributed by atoms with Crippen molar-refractivity contribution in [1.82, 2.24) is 20.2 Å². The summed E-state index contributed by atoms with van der Waals surface area (Å²) in [5, 5.41) is 25.3. The first-order chi connectivity index (χ1) is 15.6. The van der Waals surface area contributed by atoms with Gasteiger partial charge in [-0.3, -0.25) is 4.79 Å². The number of nitrogens with one attached hydrogen (secondary N) is 1. The highest BCUT2D eigenvalue weighted by Crippen LogP contribution is 2.26. The Morgan fingerprint density at radius 3 is 2.69 bits per heavy atom. The van der Waals surface area contributed by atoms with Gasteiger partial charge in [-0.2, -0.15) is 5.10 Å². The number of hydrazone groups is 1. The second kappa shape index (κ2) is 9.65. The van der Waals surface area contributed by atoms with E-state index in [2.05, 4.69) is 20.7 Å². The van der Waals surface area contributed by atoms with Gasteiger partial charge in [-0.15, -0.1) is 10.2 Å². The Balaban J connectivity index is 1.41. The first kappa shape index (κ1) is 21.6. The third kappa shape index (κ3) is 4.65. The third-order valence-corrected chi connectivity index (χ3v) is 5.97. The van der Waals surface area contributed by atoms with Crippen LogP contribution in [0.2, 0.25) is 0 Å². The molecule has 0 radical (unpaired) electrons. The predicted octanol–water partition coefficient (Wildman–Crippen LogP) is 4.37. The maximum Gasteiger partial charge on any atom is 0.250 e. The normalized spacial score (nSPS) is 11.3. The van der Waals surface area contributed by atoms with Crippen LogP contribution in [0.15, 0.2) is 70.9 Å². The topological polar surface area (TPSA) is 92.4 Å². The summed E-state index contributed by atoms with van der Waals surface area (Å²) in [6, 6.07) is 19.2. The number of rotatable bonds is 7. The molecule has 3 aromatic carbocycles. The highest BCUT2D eigenvalue weighted by Gasteiger charge is 2.14. The zero-order valence-corrected chi connectivity index (χ0v) is 18.6. The lowest BCUT2D eigenvalue weighted by molar-refractivity contribution is -0.118. The van der Waals surface area contributed by atoms with E-state index < -0.39 is 0 Å². The Labute approximate surface area is 190 Å². The molecule has 32 heavy (non-hydrogen) atoms. The molecule has 2 N–H and O–H groups in total. The monoisotopic (exact) mass is 445 g/mol. The first-order valence-electron chi connectivity index (χ1n) is 10.2. The molecule has 0 aliphatic carbocycles. The molecule has 0 saturated heterocycles. The zero-order valence-electron chi connectivity index (χ0n) is 17.8. The van der Waals surface area contributed by atoms with Crippen LogP contribution in [-0.2, 0) is 11.3 Å². The van der Waals surface area contributed by atoms with Gasteiger partial charge in [0, 0.05) is 17.7 Å². The standard InChI is InChI=1S/C24H23N5O2S/c1-3-29-23(18-10-8-16(2)9-11-18)27-28-24(29)32-15-22(31)26-25-14-20-19-7-5-4-6-17(19)12-13-21(20)30/h4-14,30H,3,15H2,1-2H3,(H,26,31)/b25-14-. The summed E-state index contributed by atoms with van der Waals surface area (Å²) in [6.07, 6.45) is 1.46. The van der Waals surface area contributed by atoms with E-state index in [0.29, 0.717) is 17.3 Å². The van der Waals surface area contributed by atoms with E-state index in [9.17, 15) is 9.90 Å². The molecule has 162 valence electrons. The number of phenolic OH excluding ortho intramolecular Hbond substituents is 1. The van der Waals surface area contributed by atoms with Crippen molar-refractivity contribution >= 4 is 34.7 Å². The second-order valence-corrected chi connectivity index (χ2v) is 8.16. The summed E-state index contributed by atoms with van der Waals surface area (Å²) in [5.74, 6) is 0.759. The number of thioether (sulfide) groups is 1. The molecule has 1 heterocycles. The summed E-state index contributed by atoms with van der Waals surface area (Å²) in [6.45, 7) is 4.75. The molecule has 4 aromatic rings. The van der Waals surface area contributed by atoms with Crippen molar-refractivity contribution < 1.29 is 9.90 Å². The average Bonchev–Trinajstić information content (AvgIpc) is 3.22. The van der Waals surface area contributed by atoms with Crippen LogP contribution in [0.5, 0.6) is 5.75 Å². The fraction of sp³-hybridized carbons (Fsp3) is 0.167. The van der Waals surface area contributed by atoms with Crippen LogP contribution in [0.4, 0.5) is 0 Å². The molecule has 4 rings (SSSR count). The van der Waals surface area contributed by atoms with Crippen LogP contribution in [0.3, 0.4) is 0 Å². The number of aromatic hydroxyl groups is 1. The highest BCUT2D eigenvalue weighted by molar-refractivity contribution is 7.99. The zero-order chi connectivity index (χ0) is 22.5. The smallest absolute Gasteiger partial charge is 0.250 e. The number of hydrogen-bond acceptors (Lipinski definition) is 6. The molecule has 8 heteroatoms.